The lowest BCUT2D eigenvalue weighted by molar-refractivity contribution is -0.176. The Kier molecular flexibility index (Phi) is 12.1. The minimum Gasteiger partial charge on any atom is -0.453 e. The number of halogens is 2. The molecule has 0 radical (unpaired) electrons. The third-order valence-electron chi connectivity index (χ3n) is 9.67. The molecule has 2 saturated heterocycles. The van der Waals surface area contributed by atoms with Gasteiger partial charge in [-0.2, -0.15) is 4.31 Å². The van der Waals surface area contributed by atoms with Gasteiger partial charge in [-0.1, -0.05) is 48.0 Å². The minimum absolute atomic E-state index is 0.124. The fraction of sp³-hybridized carbons (Fsp3) is 0.474. The average molecular weight is 743 g/mol. The Morgan fingerprint density at radius 3 is 2.33 bits per heavy atom. The van der Waals surface area contributed by atoms with Crippen LogP contribution in [0, 0.1) is 11.7 Å². The molecule has 10 nitrogen and oxygen atoms in total. The SMILES string of the molecule is COC(=O)N[C@H](C(=O)Nc1cccc(F)c1CC[C@H]1CNCCN1S(=O)(=O)c1ccccc1)[C@@H](c1ccc(Cl)cc1)C1CC(C)(C)OC(C)(C)C1. The Morgan fingerprint density at radius 2 is 1.69 bits per heavy atom. The van der Waals surface area contributed by atoms with Gasteiger partial charge in [0.15, 0.2) is 0 Å². The van der Waals surface area contributed by atoms with E-state index in [1.807, 2.05) is 39.8 Å². The first-order valence-electron chi connectivity index (χ1n) is 17.3. The van der Waals surface area contributed by atoms with Crippen molar-refractivity contribution in [3.05, 3.63) is 94.8 Å². The van der Waals surface area contributed by atoms with Crippen LogP contribution in [0.1, 0.15) is 64.0 Å². The van der Waals surface area contributed by atoms with E-state index in [1.165, 1.54) is 23.5 Å². The molecule has 0 saturated carbocycles. The summed E-state index contributed by atoms with van der Waals surface area (Å²) >= 11 is 6.27. The first kappa shape index (κ1) is 38.7. The van der Waals surface area contributed by atoms with Crippen molar-refractivity contribution in [1.82, 2.24) is 14.9 Å². The lowest BCUT2D eigenvalue weighted by Crippen LogP contribution is -2.54. The predicted molar refractivity (Wildman–Crippen MR) is 196 cm³/mol. The number of carbonyl (C=O) groups is 2. The van der Waals surface area contributed by atoms with Crippen LogP contribution in [0.4, 0.5) is 14.9 Å². The zero-order valence-electron chi connectivity index (χ0n) is 29.7. The van der Waals surface area contributed by atoms with Crippen molar-refractivity contribution in [3.8, 4) is 0 Å². The number of nitrogens with one attached hydrogen (secondary N) is 3. The number of anilines is 1. The summed E-state index contributed by atoms with van der Waals surface area (Å²) in [6, 6.07) is 18.3. The van der Waals surface area contributed by atoms with Crippen LogP contribution in [0.2, 0.25) is 5.02 Å². The van der Waals surface area contributed by atoms with Gasteiger partial charge >= 0.3 is 6.09 Å². The number of sulfonamides is 1. The third kappa shape index (κ3) is 9.47. The van der Waals surface area contributed by atoms with Crippen molar-refractivity contribution in [2.75, 3.05) is 32.1 Å². The summed E-state index contributed by atoms with van der Waals surface area (Å²) in [6.45, 7) is 9.20. The minimum atomic E-state index is -3.79. The normalized spacial score (nSPS) is 20.6. The standard InChI is InChI=1S/C38H48ClFN4O6S/c1-37(2)22-26(23-38(3,4)50-37)33(25-14-16-27(39)17-15-25)34(43-36(46)49-5)35(45)42-32-13-9-12-31(40)30(32)19-18-28-24-41-20-21-44(28)51(47,48)29-10-7-6-8-11-29/h6-17,26,28,33-34,41H,18-24H2,1-5H3,(H,42,45)(H,43,46)/t28-,33-,34-/m0/s1. The average Bonchev–Trinajstić information content (AvgIpc) is 3.07. The van der Waals surface area contributed by atoms with Crippen molar-refractivity contribution >= 4 is 39.3 Å². The van der Waals surface area contributed by atoms with Crippen molar-refractivity contribution in [1.29, 1.82) is 0 Å². The molecule has 0 unspecified atom stereocenters. The van der Waals surface area contributed by atoms with Gasteiger partial charge in [0.2, 0.25) is 15.9 Å². The Labute approximate surface area is 305 Å². The summed E-state index contributed by atoms with van der Waals surface area (Å²) < 4.78 is 55.6. The summed E-state index contributed by atoms with van der Waals surface area (Å²) in [5, 5.41) is 9.50. The highest BCUT2D eigenvalue weighted by Gasteiger charge is 2.46. The Bertz CT molecular complexity index is 1780. The van der Waals surface area contributed by atoms with Crippen LogP contribution >= 0.6 is 11.6 Å². The van der Waals surface area contributed by atoms with Crippen LogP contribution in [0.3, 0.4) is 0 Å². The van der Waals surface area contributed by atoms with E-state index in [-0.39, 0.29) is 35.0 Å². The molecule has 2 fully saturated rings. The van der Waals surface area contributed by atoms with E-state index in [9.17, 15) is 18.0 Å². The number of hydrogen-bond acceptors (Lipinski definition) is 7. The summed E-state index contributed by atoms with van der Waals surface area (Å²) in [7, 11) is -2.56. The third-order valence-corrected chi connectivity index (χ3v) is 11.9. The van der Waals surface area contributed by atoms with Gasteiger partial charge in [-0.3, -0.25) is 4.79 Å². The van der Waals surface area contributed by atoms with Crippen molar-refractivity contribution in [2.24, 2.45) is 5.92 Å². The van der Waals surface area contributed by atoms with E-state index in [2.05, 4.69) is 16.0 Å². The van der Waals surface area contributed by atoms with Gasteiger partial charge in [-0.25, -0.2) is 17.6 Å². The van der Waals surface area contributed by atoms with Crippen LogP contribution in [0.15, 0.2) is 77.7 Å². The van der Waals surface area contributed by atoms with Crippen LogP contribution in [-0.4, -0.2) is 74.8 Å². The van der Waals surface area contributed by atoms with Gasteiger partial charge in [0.05, 0.1) is 23.2 Å². The topological polar surface area (TPSA) is 126 Å². The molecule has 276 valence electrons. The molecule has 13 heteroatoms. The molecule has 0 spiro atoms. The maximum atomic E-state index is 15.6. The van der Waals surface area contributed by atoms with E-state index in [0.29, 0.717) is 37.4 Å². The summed E-state index contributed by atoms with van der Waals surface area (Å²) in [6.07, 6.45) is 0.849. The van der Waals surface area contributed by atoms with Crippen LogP contribution < -0.4 is 16.0 Å². The molecule has 0 aliphatic carbocycles. The summed E-state index contributed by atoms with van der Waals surface area (Å²) in [5.41, 5.74) is 0.227. The molecule has 0 bridgehead atoms. The van der Waals surface area contributed by atoms with Crippen LogP contribution in [0.5, 0.6) is 0 Å². The highest BCUT2D eigenvalue weighted by Crippen LogP contribution is 2.46. The number of piperazine rings is 1. The number of ether oxygens (including phenoxy) is 2. The lowest BCUT2D eigenvalue weighted by atomic mass is 9.69. The molecule has 3 N–H and O–H groups in total. The molecular weight excluding hydrogens is 695 g/mol. The Hall–Kier alpha value is -3.55. The fourth-order valence-corrected chi connectivity index (χ4v) is 9.63. The first-order chi connectivity index (χ1) is 24.1. The second-order valence-corrected chi connectivity index (χ2v) is 16.9. The molecule has 51 heavy (non-hydrogen) atoms. The van der Waals surface area contributed by atoms with Crippen LogP contribution in [-0.2, 0) is 30.7 Å². The molecule has 5 rings (SSSR count). The summed E-state index contributed by atoms with van der Waals surface area (Å²) in [5.74, 6) is -1.75. The quantitative estimate of drug-likeness (QED) is 0.205. The van der Waals surface area contributed by atoms with E-state index in [4.69, 9.17) is 21.1 Å². The Morgan fingerprint density at radius 1 is 1.02 bits per heavy atom. The molecule has 2 heterocycles. The number of benzene rings is 3. The zero-order valence-corrected chi connectivity index (χ0v) is 31.3. The lowest BCUT2D eigenvalue weighted by Gasteiger charge is -2.48. The van der Waals surface area contributed by atoms with E-state index in [1.54, 1.807) is 48.5 Å². The van der Waals surface area contributed by atoms with Crippen LogP contribution in [0.25, 0.3) is 0 Å². The number of alkyl carbamates (subject to hydrolysis) is 1. The maximum absolute atomic E-state index is 15.6. The van der Waals surface area contributed by atoms with Crippen molar-refractivity contribution in [3.63, 3.8) is 0 Å². The second kappa shape index (κ2) is 16.0. The summed E-state index contributed by atoms with van der Waals surface area (Å²) in [4.78, 5) is 27.5. The first-order valence-corrected chi connectivity index (χ1v) is 19.1. The monoisotopic (exact) mass is 742 g/mol. The molecular formula is C38H48ClFN4O6S. The molecule has 3 aromatic carbocycles. The number of nitrogens with zero attached hydrogens (tertiary/aromatic N) is 1. The van der Waals surface area contributed by atoms with Gasteiger partial charge in [-0.15, -0.1) is 0 Å². The molecule has 2 aliphatic heterocycles. The predicted octanol–water partition coefficient (Wildman–Crippen LogP) is 6.51. The molecule has 3 aromatic rings. The highest BCUT2D eigenvalue weighted by molar-refractivity contribution is 7.89. The van der Waals surface area contributed by atoms with E-state index >= 15 is 4.39 Å². The number of hydrogen-bond donors (Lipinski definition) is 3. The molecule has 2 amide bonds. The molecule has 2 aliphatic rings. The molecule has 3 atom stereocenters. The van der Waals surface area contributed by atoms with Crippen molar-refractivity contribution in [2.45, 2.75) is 87.5 Å². The largest absolute Gasteiger partial charge is 0.453 e. The zero-order chi connectivity index (χ0) is 37.0. The van der Waals surface area contributed by atoms with Crippen molar-refractivity contribution < 1.29 is 31.9 Å². The molecule has 0 aromatic heterocycles. The van der Waals surface area contributed by atoms with Gasteiger partial charge in [0.1, 0.15) is 11.9 Å². The van der Waals surface area contributed by atoms with E-state index in [0.717, 1.165) is 5.56 Å². The number of amides is 2. The van der Waals surface area contributed by atoms with Gasteiger partial charge in [-0.05, 0) is 101 Å². The second-order valence-electron chi connectivity index (χ2n) is 14.6. The highest BCUT2D eigenvalue weighted by atomic mass is 35.5. The number of methoxy groups -OCH3 is 1. The van der Waals surface area contributed by atoms with Gasteiger partial charge < -0.3 is 25.4 Å². The fourth-order valence-electron chi connectivity index (χ4n) is 7.83. The Balaban J connectivity index is 1.45. The maximum Gasteiger partial charge on any atom is 0.407 e. The van der Waals surface area contributed by atoms with Gasteiger partial charge in [0.25, 0.3) is 0 Å². The number of carbonyl (C=O) groups excluding carboxylic acids is 2. The smallest absolute Gasteiger partial charge is 0.407 e. The van der Waals surface area contributed by atoms with Gasteiger partial charge in [0, 0.05) is 47.9 Å². The number of rotatable bonds is 11. The van der Waals surface area contributed by atoms with E-state index < -0.39 is 57.0 Å².